The maximum absolute atomic E-state index is 4.95. The third-order valence-electron chi connectivity index (χ3n) is 5.07. The minimum absolute atomic E-state index is 0.140. The summed E-state index contributed by atoms with van der Waals surface area (Å²) in [6.45, 7) is 4.58. The Hall–Kier alpha value is -1.31. The summed E-state index contributed by atoms with van der Waals surface area (Å²) in [5.74, 6) is 0.582. The number of aromatic nitrogens is 1. The Morgan fingerprint density at radius 1 is 0.952 bits per heavy atom. The smallest absolute Gasteiger partial charge is 0.164 e. The first-order valence-electron chi connectivity index (χ1n) is 7.80. The van der Waals surface area contributed by atoms with Gasteiger partial charge in [0, 0.05) is 0 Å². The highest BCUT2D eigenvalue weighted by Crippen LogP contribution is 2.23. The van der Waals surface area contributed by atoms with Crippen LogP contribution in [0.1, 0.15) is 19.4 Å². The number of hydrogen-bond acceptors (Lipinski definition) is 1. The van der Waals surface area contributed by atoms with Crippen LogP contribution < -0.4 is 16.5 Å². The zero-order valence-electron chi connectivity index (χ0n) is 14.4. The molecular formula is C15H22B5N. The fourth-order valence-corrected chi connectivity index (χ4v) is 3.06. The van der Waals surface area contributed by atoms with Crippen molar-refractivity contribution in [3.63, 3.8) is 0 Å². The Morgan fingerprint density at radius 2 is 1.52 bits per heavy atom. The molecule has 0 unspecified atom stereocenters. The van der Waals surface area contributed by atoms with E-state index in [4.69, 9.17) is 4.98 Å². The average Bonchev–Trinajstić information content (AvgIpc) is 2.43. The summed E-state index contributed by atoms with van der Waals surface area (Å²) < 4.78 is 0. The van der Waals surface area contributed by atoms with Crippen molar-refractivity contribution in [1.29, 1.82) is 0 Å². The molecule has 6 heteroatoms. The highest BCUT2D eigenvalue weighted by Gasteiger charge is 2.29. The van der Waals surface area contributed by atoms with Gasteiger partial charge in [0.05, 0.1) is 5.69 Å². The molecule has 1 heterocycles. The summed E-state index contributed by atoms with van der Waals surface area (Å²) in [5.41, 5.74) is 7.59. The molecular weight excluding hydrogens is 248 g/mol. The number of hydrogen-bond donors (Lipinski definition) is 0. The molecule has 0 saturated heterocycles. The molecule has 0 spiro atoms. The van der Waals surface area contributed by atoms with Crippen LogP contribution in [0.4, 0.5) is 0 Å². The van der Waals surface area contributed by atoms with Crippen LogP contribution in [-0.2, 0) is 5.21 Å². The number of benzene rings is 1. The second-order valence-corrected chi connectivity index (χ2v) is 6.91. The van der Waals surface area contributed by atoms with E-state index < -0.39 is 0 Å². The fraction of sp³-hybridized carbons (Fsp3) is 0.267. The molecule has 0 N–H and O–H groups in total. The van der Waals surface area contributed by atoms with Crippen molar-refractivity contribution in [1.82, 2.24) is 4.98 Å². The van der Waals surface area contributed by atoms with E-state index in [9.17, 15) is 0 Å². The van der Waals surface area contributed by atoms with Crippen LogP contribution in [0.5, 0.6) is 0 Å². The van der Waals surface area contributed by atoms with Crippen LogP contribution in [0, 0.1) is 5.92 Å². The molecule has 1 aromatic heterocycles. The SMILES string of the molecule is Bc1nc(-c2ccccc2)c(B)c(B)c1C(B)(B)C(C)C. The van der Waals surface area contributed by atoms with Gasteiger partial charge in [-0.05, 0) is 11.2 Å². The van der Waals surface area contributed by atoms with Crippen LogP contribution in [0.2, 0.25) is 0 Å². The first-order chi connectivity index (χ1) is 9.76. The predicted molar refractivity (Wildman–Crippen MR) is 108 cm³/mol. The molecule has 0 amide bonds. The van der Waals surface area contributed by atoms with Crippen LogP contribution in [-0.4, -0.2) is 44.2 Å². The van der Waals surface area contributed by atoms with Gasteiger partial charge in [-0.1, -0.05) is 71.8 Å². The highest BCUT2D eigenvalue weighted by molar-refractivity contribution is 6.55. The molecule has 0 bridgehead atoms. The normalized spacial score (nSPS) is 11.8. The van der Waals surface area contributed by atoms with E-state index in [1.54, 1.807) is 0 Å². The number of pyridine rings is 1. The second kappa shape index (κ2) is 5.83. The van der Waals surface area contributed by atoms with E-state index in [-0.39, 0.29) is 5.21 Å². The third kappa shape index (κ3) is 2.86. The minimum Gasteiger partial charge on any atom is -0.264 e. The van der Waals surface area contributed by atoms with E-state index >= 15 is 0 Å². The number of nitrogens with zero attached hydrogens (tertiary/aromatic N) is 1. The highest BCUT2D eigenvalue weighted by atomic mass is 14.7. The molecule has 0 aliphatic carbocycles. The topological polar surface area (TPSA) is 12.9 Å². The Kier molecular flexibility index (Phi) is 4.46. The molecule has 0 fully saturated rings. The summed E-state index contributed by atoms with van der Waals surface area (Å²) in [5, 5.41) is 0.140. The quantitative estimate of drug-likeness (QED) is 0.530. The molecule has 2 rings (SSSR count). The molecule has 0 aliphatic rings. The standard InChI is InChI=1S/C15H22B5N/c1-8(2)15(19,20)10-11(16)12(17)13(21-14(10)18)9-6-4-3-5-7-9/h3-8H,16-20H2,1-2H3. The van der Waals surface area contributed by atoms with Crippen LogP contribution >= 0.6 is 0 Å². The van der Waals surface area contributed by atoms with Gasteiger partial charge in [0.1, 0.15) is 31.4 Å². The zero-order valence-corrected chi connectivity index (χ0v) is 14.4. The van der Waals surface area contributed by atoms with Gasteiger partial charge in [-0.3, -0.25) is 4.98 Å². The van der Waals surface area contributed by atoms with Crippen LogP contribution in [0.3, 0.4) is 0 Å². The lowest BCUT2D eigenvalue weighted by Gasteiger charge is -2.34. The molecule has 1 nitrogen and oxygen atoms in total. The summed E-state index contributed by atoms with van der Waals surface area (Å²) in [6.07, 6.45) is 0. The molecule has 0 saturated carbocycles. The van der Waals surface area contributed by atoms with Gasteiger partial charge in [0.25, 0.3) is 0 Å². The Labute approximate surface area is 133 Å². The van der Waals surface area contributed by atoms with E-state index in [0.717, 1.165) is 11.3 Å². The lowest BCUT2D eigenvalue weighted by atomic mass is 9.43. The van der Waals surface area contributed by atoms with Gasteiger partial charge in [-0.15, -0.1) is 0 Å². The summed E-state index contributed by atoms with van der Waals surface area (Å²) in [7, 11) is 11.3. The van der Waals surface area contributed by atoms with Crippen molar-refractivity contribution >= 4 is 55.8 Å². The first-order valence-corrected chi connectivity index (χ1v) is 7.80. The van der Waals surface area contributed by atoms with Crippen molar-refractivity contribution in [2.24, 2.45) is 5.92 Å². The zero-order chi connectivity index (χ0) is 15.8. The molecule has 1 aromatic carbocycles. The van der Waals surface area contributed by atoms with Gasteiger partial charge >= 0.3 is 0 Å². The molecule has 102 valence electrons. The van der Waals surface area contributed by atoms with Gasteiger partial charge in [0.2, 0.25) is 0 Å². The van der Waals surface area contributed by atoms with Crippen molar-refractivity contribution in [2.45, 2.75) is 19.1 Å². The van der Waals surface area contributed by atoms with Gasteiger partial charge < -0.3 is 0 Å². The van der Waals surface area contributed by atoms with Crippen molar-refractivity contribution in [3.8, 4) is 11.3 Å². The van der Waals surface area contributed by atoms with E-state index in [1.807, 2.05) is 0 Å². The summed E-state index contributed by atoms with van der Waals surface area (Å²) in [4.78, 5) is 4.95. The predicted octanol–water partition coefficient (Wildman–Crippen LogP) is -3.40. The molecule has 0 radical (unpaired) electrons. The maximum Gasteiger partial charge on any atom is 0.164 e. The van der Waals surface area contributed by atoms with E-state index in [1.165, 1.54) is 22.1 Å². The monoisotopic (exact) mass is 271 g/mol. The van der Waals surface area contributed by atoms with Gasteiger partial charge in [-0.2, -0.15) is 0 Å². The largest absolute Gasteiger partial charge is 0.264 e. The van der Waals surface area contributed by atoms with Gasteiger partial charge in [0.15, 0.2) is 7.85 Å². The van der Waals surface area contributed by atoms with E-state index in [2.05, 4.69) is 83.4 Å². The second-order valence-electron chi connectivity index (χ2n) is 6.91. The third-order valence-corrected chi connectivity index (χ3v) is 5.07. The lowest BCUT2D eigenvalue weighted by molar-refractivity contribution is 0.574. The summed E-state index contributed by atoms with van der Waals surface area (Å²) >= 11 is 0. The number of rotatable bonds is 3. The minimum atomic E-state index is 0.140. The van der Waals surface area contributed by atoms with Gasteiger partial charge in [-0.25, -0.2) is 0 Å². The Balaban J connectivity index is 2.68. The van der Waals surface area contributed by atoms with Crippen molar-refractivity contribution < 1.29 is 0 Å². The maximum atomic E-state index is 4.95. The van der Waals surface area contributed by atoms with Crippen molar-refractivity contribution in [2.75, 3.05) is 0 Å². The Morgan fingerprint density at radius 3 is 2.05 bits per heavy atom. The fourth-order valence-electron chi connectivity index (χ4n) is 3.06. The molecule has 0 aliphatic heterocycles. The van der Waals surface area contributed by atoms with Crippen molar-refractivity contribution in [3.05, 3.63) is 35.9 Å². The molecule has 0 atom stereocenters. The van der Waals surface area contributed by atoms with E-state index in [0.29, 0.717) is 5.92 Å². The molecule has 2 aromatic rings. The van der Waals surface area contributed by atoms with Crippen LogP contribution in [0.15, 0.2) is 30.3 Å². The average molecular weight is 270 g/mol. The Bertz CT molecular complexity index is 653. The summed E-state index contributed by atoms with van der Waals surface area (Å²) in [6, 6.07) is 10.5. The molecule has 21 heavy (non-hydrogen) atoms. The first kappa shape index (κ1) is 16.1. The lowest BCUT2D eigenvalue weighted by Crippen LogP contribution is -2.49. The van der Waals surface area contributed by atoms with Crippen LogP contribution in [0.25, 0.3) is 11.3 Å².